The highest BCUT2D eigenvalue weighted by atomic mass is 35.5. The van der Waals surface area contributed by atoms with E-state index in [0.29, 0.717) is 16.9 Å². The van der Waals surface area contributed by atoms with E-state index in [0.717, 1.165) is 11.3 Å². The SMILES string of the molecule is Cn1c(-c2ccccc2)cn2c3c(=O)[nH]c(Cl)nc3nc12. The Balaban J connectivity index is 2.11. The van der Waals surface area contributed by atoms with E-state index in [1.165, 1.54) is 0 Å². The van der Waals surface area contributed by atoms with Gasteiger partial charge in [-0.3, -0.25) is 14.2 Å². The van der Waals surface area contributed by atoms with E-state index in [1.807, 2.05) is 48.1 Å². The van der Waals surface area contributed by atoms with E-state index in [1.54, 1.807) is 4.40 Å². The third-order valence-corrected chi connectivity index (χ3v) is 3.67. The zero-order valence-electron chi connectivity index (χ0n) is 11.0. The van der Waals surface area contributed by atoms with Crippen LogP contribution in [0.25, 0.3) is 28.2 Å². The molecule has 0 fully saturated rings. The van der Waals surface area contributed by atoms with E-state index in [2.05, 4.69) is 15.0 Å². The molecule has 0 aliphatic heterocycles. The fourth-order valence-corrected chi connectivity index (χ4v) is 2.69. The van der Waals surface area contributed by atoms with Gasteiger partial charge in [0.25, 0.3) is 5.56 Å². The number of halogens is 1. The van der Waals surface area contributed by atoms with Gasteiger partial charge in [0.05, 0.1) is 5.69 Å². The van der Waals surface area contributed by atoms with Crippen molar-refractivity contribution in [1.82, 2.24) is 23.9 Å². The number of H-pyrrole nitrogens is 1. The minimum Gasteiger partial charge on any atom is -0.313 e. The number of imidazole rings is 2. The van der Waals surface area contributed by atoms with Crippen LogP contribution < -0.4 is 5.56 Å². The molecule has 7 heteroatoms. The monoisotopic (exact) mass is 299 g/mol. The van der Waals surface area contributed by atoms with Crippen LogP contribution in [-0.4, -0.2) is 23.9 Å². The van der Waals surface area contributed by atoms with E-state index in [9.17, 15) is 4.79 Å². The fourth-order valence-electron chi connectivity index (χ4n) is 2.52. The van der Waals surface area contributed by atoms with Crippen molar-refractivity contribution in [1.29, 1.82) is 0 Å². The fraction of sp³-hybridized carbons (Fsp3) is 0.0714. The smallest absolute Gasteiger partial charge is 0.278 e. The van der Waals surface area contributed by atoms with Crippen molar-refractivity contribution in [2.45, 2.75) is 0 Å². The van der Waals surface area contributed by atoms with Gasteiger partial charge in [0.1, 0.15) is 0 Å². The predicted octanol–water partition coefficient (Wildman–Crippen LogP) is 2.23. The highest BCUT2D eigenvalue weighted by molar-refractivity contribution is 6.28. The molecule has 1 aromatic carbocycles. The second-order valence-corrected chi connectivity index (χ2v) is 5.11. The number of nitrogens with one attached hydrogen (secondary N) is 1. The standard InChI is InChI=1S/C14H10ClN5O/c1-19-9(8-5-3-2-4-6-8)7-20-10-11(17-14(19)20)16-13(15)18-12(10)21/h2-7H,1H3,(H,16,18,21). The summed E-state index contributed by atoms with van der Waals surface area (Å²) in [6, 6.07) is 9.92. The molecule has 0 aliphatic carbocycles. The minimum atomic E-state index is -0.303. The first-order valence-electron chi connectivity index (χ1n) is 6.34. The van der Waals surface area contributed by atoms with Gasteiger partial charge in [-0.25, -0.2) is 0 Å². The van der Waals surface area contributed by atoms with Gasteiger partial charge in [0.15, 0.2) is 11.2 Å². The van der Waals surface area contributed by atoms with Gasteiger partial charge in [-0.2, -0.15) is 9.97 Å². The molecule has 104 valence electrons. The molecule has 0 bridgehead atoms. The number of nitrogens with zero attached hydrogens (tertiary/aromatic N) is 4. The molecule has 1 N–H and O–H groups in total. The maximum absolute atomic E-state index is 12.1. The maximum atomic E-state index is 12.1. The molecule has 0 amide bonds. The molecule has 0 saturated carbocycles. The van der Waals surface area contributed by atoms with Crippen LogP contribution >= 0.6 is 11.6 Å². The second kappa shape index (κ2) is 4.20. The molecule has 0 atom stereocenters. The third kappa shape index (κ3) is 1.69. The van der Waals surface area contributed by atoms with Crippen molar-refractivity contribution >= 4 is 28.5 Å². The summed E-state index contributed by atoms with van der Waals surface area (Å²) >= 11 is 5.76. The first kappa shape index (κ1) is 12.2. The lowest BCUT2D eigenvalue weighted by Crippen LogP contribution is -2.09. The van der Waals surface area contributed by atoms with Gasteiger partial charge >= 0.3 is 0 Å². The Morgan fingerprint density at radius 1 is 1.19 bits per heavy atom. The van der Waals surface area contributed by atoms with Gasteiger partial charge in [-0.05, 0) is 17.2 Å². The van der Waals surface area contributed by atoms with E-state index in [-0.39, 0.29) is 10.8 Å². The Morgan fingerprint density at radius 2 is 1.95 bits per heavy atom. The number of aryl methyl sites for hydroxylation is 1. The van der Waals surface area contributed by atoms with Crippen molar-refractivity contribution < 1.29 is 0 Å². The van der Waals surface area contributed by atoms with Crippen LogP contribution in [0.3, 0.4) is 0 Å². The molecule has 6 nitrogen and oxygen atoms in total. The Hall–Kier alpha value is -2.60. The molecule has 0 saturated heterocycles. The van der Waals surface area contributed by atoms with Gasteiger partial charge in [-0.15, -0.1) is 0 Å². The number of hydrogen-bond acceptors (Lipinski definition) is 3. The quantitative estimate of drug-likeness (QED) is 0.548. The van der Waals surface area contributed by atoms with Crippen molar-refractivity contribution in [2.24, 2.45) is 7.05 Å². The molecule has 0 unspecified atom stereocenters. The maximum Gasteiger partial charge on any atom is 0.278 e. The average Bonchev–Trinajstić information content (AvgIpc) is 2.97. The van der Waals surface area contributed by atoms with Crippen LogP contribution in [0.4, 0.5) is 0 Å². The molecule has 3 aromatic heterocycles. The molecular formula is C14H10ClN5O. The Labute approximate surface area is 123 Å². The lowest BCUT2D eigenvalue weighted by Gasteiger charge is -2.01. The summed E-state index contributed by atoms with van der Waals surface area (Å²) in [6.07, 6.45) is 1.88. The van der Waals surface area contributed by atoms with Gasteiger partial charge < -0.3 is 4.57 Å². The minimum absolute atomic E-state index is 0.0409. The van der Waals surface area contributed by atoms with Crippen LogP contribution in [-0.2, 0) is 7.05 Å². The first-order chi connectivity index (χ1) is 10.1. The van der Waals surface area contributed by atoms with Crippen molar-refractivity contribution in [3.63, 3.8) is 0 Å². The molecule has 0 aliphatic rings. The lowest BCUT2D eigenvalue weighted by molar-refractivity contribution is 0.947. The number of aromatic amines is 1. The summed E-state index contributed by atoms with van der Waals surface area (Å²) in [5.74, 6) is 0.643. The predicted molar refractivity (Wildman–Crippen MR) is 80.5 cm³/mol. The van der Waals surface area contributed by atoms with E-state index < -0.39 is 0 Å². The van der Waals surface area contributed by atoms with Gasteiger partial charge in [-0.1, -0.05) is 30.3 Å². The normalized spacial score (nSPS) is 11.5. The summed E-state index contributed by atoms with van der Waals surface area (Å²) in [5, 5.41) is 0.0409. The lowest BCUT2D eigenvalue weighted by atomic mass is 10.2. The Bertz CT molecular complexity index is 1030. The van der Waals surface area contributed by atoms with Crippen LogP contribution in [0.15, 0.2) is 41.3 Å². The van der Waals surface area contributed by atoms with E-state index in [4.69, 9.17) is 11.6 Å². The molecule has 4 rings (SSSR count). The summed E-state index contributed by atoms with van der Waals surface area (Å²) in [6.45, 7) is 0. The number of benzene rings is 1. The Kier molecular flexibility index (Phi) is 2.43. The zero-order valence-corrected chi connectivity index (χ0v) is 11.8. The highest BCUT2D eigenvalue weighted by Gasteiger charge is 2.16. The zero-order chi connectivity index (χ0) is 14.6. The Morgan fingerprint density at radius 3 is 2.71 bits per heavy atom. The highest BCUT2D eigenvalue weighted by Crippen LogP contribution is 2.23. The molecule has 0 radical (unpaired) electrons. The van der Waals surface area contributed by atoms with Crippen LogP contribution in [0, 0.1) is 0 Å². The number of fused-ring (bicyclic) bond motifs is 3. The molecule has 3 heterocycles. The number of rotatable bonds is 1. The second-order valence-electron chi connectivity index (χ2n) is 4.75. The molecular weight excluding hydrogens is 290 g/mol. The summed E-state index contributed by atoms with van der Waals surface area (Å²) < 4.78 is 3.66. The molecule has 21 heavy (non-hydrogen) atoms. The van der Waals surface area contributed by atoms with Crippen molar-refractivity contribution in [3.05, 3.63) is 52.2 Å². The number of aromatic nitrogens is 5. The van der Waals surface area contributed by atoms with Crippen LogP contribution in [0.1, 0.15) is 0 Å². The third-order valence-electron chi connectivity index (χ3n) is 3.49. The van der Waals surface area contributed by atoms with E-state index >= 15 is 0 Å². The molecule has 0 spiro atoms. The molecule has 4 aromatic rings. The first-order valence-corrected chi connectivity index (χ1v) is 6.71. The summed E-state index contributed by atoms with van der Waals surface area (Å²) in [4.78, 5) is 23.0. The van der Waals surface area contributed by atoms with Crippen molar-refractivity contribution in [2.75, 3.05) is 0 Å². The van der Waals surface area contributed by atoms with Crippen LogP contribution in [0.5, 0.6) is 0 Å². The van der Waals surface area contributed by atoms with Crippen LogP contribution in [0.2, 0.25) is 5.28 Å². The summed E-state index contributed by atoms with van der Waals surface area (Å²) in [7, 11) is 1.90. The van der Waals surface area contributed by atoms with Gasteiger partial charge in [0, 0.05) is 13.2 Å². The topological polar surface area (TPSA) is 68.0 Å². The summed E-state index contributed by atoms with van der Waals surface area (Å²) in [5.41, 5.74) is 2.45. The average molecular weight is 300 g/mol. The number of hydrogen-bond donors (Lipinski definition) is 1. The van der Waals surface area contributed by atoms with Gasteiger partial charge in [0.2, 0.25) is 11.1 Å². The largest absolute Gasteiger partial charge is 0.313 e. The van der Waals surface area contributed by atoms with Crippen molar-refractivity contribution in [3.8, 4) is 11.3 Å².